The Hall–Kier alpha value is -1.21. The molecular formula is C16H27N5O3S. The van der Waals surface area contributed by atoms with Gasteiger partial charge in [0.15, 0.2) is 0 Å². The van der Waals surface area contributed by atoms with Gasteiger partial charge in [0.25, 0.3) is 10.2 Å². The number of rotatable bonds is 5. The van der Waals surface area contributed by atoms with Crippen molar-refractivity contribution in [2.75, 3.05) is 45.8 Å². The predicted octanol–water partition coefficient (Wildman–Crippen LogP) is -0.103. The largest absolute Gasteiger partial charge is 0.337 e. The lowest BCUT2D eigenvalue weighted by Gasteiger charge is -2.35. The Kier molecular flexibility index (Phi) is 5.63. The molecule has 140 valence electrons. The van der Waals surface area contributed by atoms with Crippen LogP contribution >= 0.6 is 0 Å². The summed E-state index contributed by atoms with van der Waals surface area (Å²) in [6, 6.07) is 2.26. The highest BCUT2D eigenvalue weighted by Crippen LogP contribution is 2.28. The van der Waals surface area contributed by atoms with Crippen LogP contribution in [-0.4, -0.2) is 79.2 Å². The summed E-state index contributed by atoms with van der Waals surface area (Å²) < 4.78 is 28.2. The Morgan fingerprint density at radius 2 is 1.52 bits per heavy atom. The summed E-state index contributed by atoms with van der Waals surface area (Å²) in [6.07, 6.45) is 5.25. The van der Waals surface area contributed by atoms with E-state index in [9.17, 15) is 18.5 Å². The fourth-order valence-electron chi connectivity index (χ4n) is 3.95. The van der Waals surface area contributed by atoms with E-state index in [4.69, 9.17) is 0 Å². The van der Waals surface area contributed by atoms with Crippen LogP contribution in [0.25, 0.3) is 0 Å². The Labute approximate surface area is 149 Å². The number of hydrogen-bond donors (Lipinski definition) is 1. The second kappa shape index (κ2) is 7.58. The Bertz CT molecular complexity index is 625. The number of nitrogens with one attached hydrogen (secondary N) is 1. The van der Waals surface area contributed by atoms with Gasteiger partial charge in [-0.3, -0.25) is 9.69 Å². The molecule has 1 N–H and O–H groups in total. The zero-order valence-electron chi connectivity index (χ0n) is 14.6. The molecule has 2 aliphatic heterocycles. The molecule has 25 heavy (non-hydrogen) atoms. The molecule has 3 rings (SSSR count). The van der Waals surface area contributed by atoms with E-state index in [0.29, 0.717) is 39.3 Å². The van der Waals surface area contributed by atoms with Gasteiger partial charge in [0, 0.05) is 39.3 Å². The summed E-state index contributed by atoms with van der Waals surface area (Å²) >= 11 is 0. The third-order valence-corrected chi connectivity index (χ3v) is 7.50. The van der Waals surface area contributed by atoms with Crippen molar-refractivity contribution in [1.29, 1.82) is 5.26 Å². The molecule has 3 aliphatic rings. The molecule has 0 spiro atoms. The van der Waals surface area contributed by atoms with E-state index in [1.807, 2.05) is 4.90 Å². The number of carbonyl (C=O) groups excluding carboxylic acids is 1. The first-order valence-corrected chi connectivity index (χ1v) is 10.5. The van der Waals surface area contributed by atoms with Crippen LogP contribution in [0.15, 0.2) is 0 Å². The number of nitriles is 1. The first-order chi connectivity index (χ1) is 12.0. The number of hydrogen-bond acceptors (Lipinski definition) is 5. The normalized spacial score (nSPS) is 25.7. The highest BCUT2D eigenvalue weighted by Gasteiger charge is 2.37. The van der Waals surface area contributed by atoms with Crippen molar-refractivity contribution < 1.29 is 13.2 Å². The first kappa shape index (κ1) is 18.6. The summed E-state index contributed by atoms with van der Waals surface area (Å²) in [5, 5.41) is 12.2. The molecule has 0 radical (unpaired) electrons. The molecule has 0 bridgehead atoms. The van der Waals surface area contributed by atoms with Crippen LogP contribution in [0.2, 0.25) is 0 Å². The molecule has 9 heteroatoms. The lowest BCUT2D eigenvalue weighted by atomic mass is 10.00. The number of carbonyl (C=O) groups is 1. The van der Waals surface area contributed by atoms with Gasteiger partial charge >= 0.3 is 0 Å². The third kappa shape index (κ3) is 4.14. The van der Waals surface area contributed by atoms with Crippen LogP contribution in [-0.2, 0) is 15.0 Å². The van der Waals surface area contributed by atoms with Crippen LogP contribution in [0.5, 0.6) is 0 Å². The maximum atomic E-state index is 12.5. The molecule has 3 fully saturated rings. The monoisotopic (exact) mass is 369 g/mol. The summed E-state index contributed by atoms with van der Waals surface area (Å²) in [7, 11) is -3.35. The molecule has 1 amide bonds. The number of nitrogens with zero attached hydrogens (tertiary/aromatic N) is 4. The maximum Gasteiger partial charge on any atom is 0.282 e. The number of amides is 1. The molecule has 0 unspecified atom stereocenters. The average molecular weight is 369 g/mol. The lowest BCUT2D eigenvalue weighted by Crippen LogP contribution is -2.55. The molecule has 2 saturated heterocycles. The quantitative estimate of drug-likeness (QED) is 0.730. The summed E-state index contributed by atoms with van der Waals surface area (Å²) in [5.74, 6) is -0.140. The summed E-state index contributed by atoms with van der Waals surface area (Å²) in [6.45, 7) is 3.36. The lowest BCUT2D eigenvalue weighted by molar-refractivity contribution is -0.123. The minimum absolute atomic E-state index is 0.140. The van der Waals surface area contributed by atoms with Gasteiger partial charge in [-0.25, -0.2) is 0 Å². The van der Waals surface area contributed by atoms with E-state index in [1.165, 1.54) is 4.31 Å². The fourth-order valence-corrected chi connectivity index (χ4v) is 5.62. The molecule has 2 heterocycles. The van der Waals surface area contributed by atoms with Crippen LogP contribution in [0, 0.1) is 11.3 Å². The van der Waals surface area contributed by atoms with Crippen molar-refractivity contribution in [3.8, 4) is 6.07 Å². The van der Waals surface area contributed by atoms with Gasteiger partial charge in [-0.1, -0.05) is 0 Å². The van der Waals surface area contributed by atoms with E-state index in [2.05, 4.69) is 11.4 Å². The zero-order chi connectivity index (χ0) is 17.9. The van der Waals surface area contributed by atoms with Crippen molar-refractivity contribution in [3.05, 3.63) is 0 Å². The third-order valence-electron chi connectivity index (χ3n) is 5.47. The minimum Gasteiger partial charge on any atom is -0.337 e. The van der Waals surface area contributed by atoms with Crippen molar-refractivity contribution in [1.82, 2.24) is 18.8 Å². The van der Waals surface area contributed by atoms with Gasteiger partial charge < -0.3 is 5.32 Å². The SMILES string of the molecule is N#CC1(NC(=O)CN2CCN(S(=O)(=O)N3CCCC3)CC2)CCCC1. The van der Waals surface area contributed by atoms with Crippen molar-refractivity contribution in [2.24, 2.45) is 0 Å². The molecular weight excluding hydrogens is 342 g/mol. The van der Waals surface area contributed by atoms with Crippen LogP contribution in [0.3, 0.4) is 0 Å². The summed E-state index contributed by atoms with van der Waals surface area (Å²) in [5.41, 5.74) is -0.696. The molecule has 1 saturated carbocycles. The van der Waals surface area contributed by atoms with E-state index in [1.54, 1.807) is 4.31 Å². The van der Waals surface area contributed by atoms with Crippen LogP contribution in [0.1, 0.15) is 38.5 Å². The van der Waals surface area contributed by atoms with Gasteiger partial charge in [-0.2, -0.15) is 22.3 Å². The molecule has 0 atom stereocenters. The highest BCUT2D eigenvalue weighted by atomic mass is 32.2. The van der Waals surface area contributed by atoms with Crippen LogP contribution < -0.4 is 5.32 Å². The van der Waals surface area contributed by atoms with E-state index >= 15 is 0 Å². The van der Waals surface area contributed by atoms with E-state index < -0.39 is 15.7 Å². The zero-order valence-corrected chi connectivity index (χ0v) is 15.4. The molecule has 0 aromatic rings. The van der Waals surface area contributed by atoms with Gasteiger partial charge in [0.1, 0.15) is 5.54 Å². The molecule has 0 aromatic heterocycles. The topological polar surface area (TPSA) is 96.7 Å². The van der Waals surface area contributed by atoms with Gasteiger partial charge in [0.05, 0.1) is 12.6 Å². The molecule has 8 nitrogen and oxygen atoms in total. The van der Waals surface area contributed by atoms with Crippen molar-refractivity contribution in [3.63, 3.8) is 0 Å². The van der Waals surface area contributed by atoms with Crippen molar-refractivity contribution >= 4 is 16.1 Å². The van der Waals surface area contributed by atoms with Gasteiger partial charge in [-0.05, 0) is 38.5 Å². The molecule has 1 aliphatic carbocycles. The molecule has 0 aromatic carbocycles. The van der Waals surface area contributed by atoms with Crippen LogP contribution in [0.4, 0.5) is 0 Å². The van der Waals surface area contributed by atoms with E-state index in [-0.39, 0.29) is 12.5 Å². The predicted molar refractivity (Wildman–Crippen MR) is 92.7 cm³/mol. The van der Waals surface area contributed by atoms with Crippen molar-refractivity contribution in [2.45, 2.75) is 44.1 Å². The maximum absolute atomic E-state index is 12.5. The standard InChI is InChI=1S/C16H27N5O3S/c17-14-16(5-1-2-6-16)18-15(22)13-19-9-11-21(12-10-19)25(23,24)20-7-3-4-8-20/h1-13H2,(H,18,22). The highest BCUT2D eigenvalue weighted by molar-refractivity contribution is 7.86. The second-order valence-corrected chi connectivity index (χ2v) is 9.17. The Morgan fingerprint density at radius 3 is 2.08 bits per heavy atom. The van der Waals surface area contributed by atoms with E-state index in [0.717, 1.165) is 38.5 Å². The fraction of sp³-hybridized carbons (Fsp3) is 0.875. The first-order valence-electron chi connectivity index (χ1n) is 9.15. The number of piperazine rings is 1. The minimum atomic E-state index is -3.35. The van der Waals surface area contributed by atoms with Gasteiger partial charge in [0.2, 0.25) is 5.91 Å². The summed E-state index contributed by atoms with van der Waals surface area (Å²) in [4.78, 5) is 14.2. The average Bonchev–Trinajstić information content (AvgIpc) is 3.28. The smallest absolute Gasteiger partial charge is 0.282 e. The Morgan fingerprint density at radius 1 is 0.960 bits per heavy atom. The Balaban J connectivity index is 1.48. The van der Waals surface area contributed by atoms with Gasteiger partial charge in [-0.15, -0.1) is 0 Å². The second-order valence-electron chi connectivity index (χ2n) is 7.24.